The Morgan fingerprint density at radius 3 is 2.64 bits per heavy atom. The smallest absolute Gasteiger partial charge is 0.190 e. The van der Waals surface area contributed by atoms with E-state index in [0.29, 0.717) is 22.4 Å². The van der Waals surface area contributed by atoms with Gasteiger partial charge in [-0.1, -0.05) is 0 Å². The summed E-state index contributed by atoms with van der Waals surface area (Å²) in [6, 6.07) is 12.4. The number of H-pyrrole nitrogens is 1. The van der Waals surface area contributed by atoms with Crippen LogP contribution in [0.15, 0.2) is 47.3 Å². The summed E-state index contributed by atoms with van der Waals surface area (Å²) >= 11 is 0. The van der Waals surface area contributed by atoms with Crippen molar-refractivity contribution in [1.82, 2.24) is 4.98 Å². The number of phenols is 1. The predicted octanol–water partition coefficient (Wildman–Crippen LogP) is 3.51. The monoisotopic (exact) mass is 336 g/mol. The molecule has 1 saturated heterocycles. The number of pyridine rings is 1. The van der Waals surface area contributed by atoms with Crippen molar-refractivity contribution in [3.05, 3.63) is 52.7 Å². The second-order valence-electron chi connectivity index (χ2n) is 6.36. The molecule has 128 valence electrons. The Morgan fingerprint density at radius 2 is 1.88 bits per heavy atom. The van der Waals surface area contributed by atoms with Crippen molar-refractivity contribution in [2.75, 3.05) is 25.1 Å². The molecule has 0 aliphatic carbocycles. The zero-order valence-corrected chi connectivity index (χ0v) is 14.1. The summed E-state index contributed by atoms with van der Waals surface area (Å²) < 4.78 is 5.35. The number of aromatic amines is 1. The first-order chi connectivity index (χ1) is 12.2. The lowest BCUT2D eigenvalue weighted by Gasteiger charge is -2.18. The van der Waals surface area contributed by atoms with Crippen molar-refractivity contribution in [3.63, 3.8) is 0 Å². The van der Waals surface area contributed by atoms with Gasteiger partial charge in [0, 0.05) is 41.3 Å². The van der Waals surface area contributed by atoms with Crippen molar-refractivity contribution >= 4 is 16.6 Å². The molecule has 0 spiro atoms. The molecular weight excluding hydrogens is 316 g/mol. The van der Waals surface area contributed by atoms with Gasteiger partial charge in [-0.15, -0.1) is 0 Å². The van der Waals surface area contributed by atoms with Crippen LogP contribution in [0.2, 0.25) is 0 Å². The summed E-state index contributed by atoms with van der Waals surface area (Å²) in [7, 11) is 1.57. The Labute approximate surface area is 145 Å². The van der Waals surface area contributed by atoms with E-state index in [4.69, 9.17) is 4.74 Å². The molecule has 0 saturated carbocycles. The molecule has 1 fully saturated rings. The third-order valence-electron chi connectivity index (χ3n) is 4.76. The van der Waals surface area contributed by atoms with Crippen molar-refractivity contribution < 1.29 is 9.84 Å². The van der Waals surface area contributed by atoms with Gasteiger partial charge in [0.2, 0.25) is 0 Å². The molecule has 2 aromatic carbocycles. The van der Waals surface area contributed by atoms with Crippen LogP contribution in [0.3, 0.4) is 0 Å². The number of hydrogen-bond donors (Lipinski definition) is 2. The number of nitrogens with zero attached hydrogens (tertiary/aromatic N) is 1. The van der Waals surface area contributed by atoms with Crippen LogP contribution in [-0.2, 0) is 0 Å². The molecule has 4 rings (SSSR count). The summed E-state index contributed by atoms with van der Waals surface area (Å²) in [5, 5.41) is 10.5. The number of aromatic nitrogens is 1. The van der Waals surface area contributed by atoms with E-state index in [1.807, 2.05) is 18.2 Å². The molecule has 5 heteroatoms. The lowest BCUT2D eigenvalue weighted by atomic mass is 10.1. The van der Waals surface area contributed by atoms with Crippen molar-refractivity contribution in [2.45, 2.75) is 12.8 Å². The van der Waals surface area contributed by atoms with Gasteiger partial charge in [-0.25, -0.2) is 0 Å². The van der Waals surface area contributed by atoms with Crippen LogP contribution >= 0.6 is 0 Å². The lowest BCUT2D eigenvalue weighted by Crippen LogP contribution is -2.17. The zero-order chi connectivity index (χ0) is 17.4. The van der Waals surface area contributed by atoms with Crippen LogP contribution in [0.1, 0.15) is 12.8 Å². The second-order valence-corrected chi connectivity index (χ2v) is 6.36. The van der Waals surface area contributed by atoms with Crippen molar-refractivity contribution in [3.8, 4) is 22.8 Å². The first-order valence-electron chi connectivity index (χ1n) is 8.45. The average molecular weight is 336 g/mol. The molecule has 5 nitrogen and oxygen atoms in total. The van der Waals surface area contributed by atoms with E-state index in [9.17, 15) is 9.90 Å². The first-order valence-corrected chi connectivity index (χ1v) is 8.45. The van der Waals surface area contributed by atoms with Crippen molar-refractivity contribution in [2.24, 2.45) is 0 Å². The number of hydrogen-bond acceptors (Lipinski definition) is 4. The summed E-state index contributed by atoms with van der Waals surface area (Å²) in [6.45, 7) is 2.09. The molecule has 2 N–H and O–H groups in total. The minimum absolute atomic E-state index is 0.0461. The third kappa shape index (κ3) is 2.82. The van der Waals surface area contributed by atoms with Gasteiger partial charge in [0.05, 0.1) is 12.8 Å². The maximum atomic E-state index is 12.7. The maximum absolute atomic E-state index is 12.7. The Hall–Kier alpha value is -2.95. The second kappa shape index (κ2) is 6.16. The van der Waals surface area contributed by atoms with E-state index >= 15 is 0 Å². The van der Waals surface area contributed by atoms with Crippen LogP contribution in [-0.4, -0.2) is 30.3 Å². The van der Waals surface area contributed by atoms with Gasteiger partial charge in [-0.2, -0.15) is 0 Å². The largest absolute Gasteiger partial charge is 0.508 e. The molecule has 0 atom stereocenters. The first kappa shape index (κ1) is 15.6. The SMILES string of the molecule is COc1ccc(O)cc1-c1cc(=O)c2cc(N3CCCC3)ccc2[nH]1. The minimum Gasteiger partial charge on any atom is -0.508 e. The fraction of sp³-hybridized carbons (Fsp3) is 0.250. The van der Waals surface area contributed by atoms with E-state index in [-0.39, 0.29) is 11.2 Å². The fourth-order valence-corrected chi connectivity index (χ4v) is 3.46. The van der Waals surface area contributed by atoms with Gasteiger partial charge in [0.1, 0.15) is 11.5 Å². The summed E-state index contributed by atoms with van der Waals surface area (Å²) in [6.07, 6.45) is 2.40. The Kier molecular flexibility index (Phi) is 3.84. The number of aromatic hydroxyl groups is 1. The molecule has 1 aliphatic rings. The highest BCUT2D eigenvalue weighted by Crippen LogP contribution is 2.32. The number of nitrogens with one attached hydrogen (secondary N) is 1. The van der Waals surface area contributed by atoms with Gasteiger partial charge < -0.3 is 19.7 Å². The molecule has 3 aromatic rings. The quantitative estimate of drug-likeness (QED) is 0.768. The number of rotatable bonds is 3. The number of phenolic OH excluding ortho intramolecular Hbond substituents is 1. The third-order valence-corrected chi connectivity index (χ3v) is 4.76. The van der Waals surface area contributed by atoms with E-state index < -0.39 is 0 Å². The number of methoxy groups -OCH3 is 1. The lowest BCUT2D eigenvalue weighted by molar-refractivity contribution is 0.414. The highest BCUT2D eigenvalue weighted by molar-refractivity contribution is 5.85. The van der Waals surface area contributed by atoms with Gasteiger partial charge >= 0.3 is 0 Å². The maximum Gasteiger partial charge on any atom is 0.190 e. The number of ether oxygens (including phenoxy) is 1. The number of fused-ring (bicyclic) bond motifs is 1. The van der Waals surface area contributed by atoms with E-state index in [1.165, 1.54) is 12.8 Å². The van der Waals surface area contributed by atoms with Crippen LogP contribution in [0.5, 0.6) is 11.5 Å². The normalized spacial score (nSPS) is 14.2. The molecule has 25 heavy (non-hydrogen) atoms. The molecule has 0 amide bonds. The standard InChI is InChI=1S/C20H20N2O3/c1-25-20-7-5-14(23)11-16(20)18-12-19(24)15-10-13(4-6-17(15)21-18)22-8-2-3-9-22/h4-7,10-12,23H,2-3,8-9H2,1H3,(H,21,24). The van der Waals surface area contributed by atoms with Gasteiger partial charge in [-0.05, 0) is 49.2 Å². The Bertz CT molecular complexity index is 988. The molecule has 0 bridgehead atoms. The summed E-state index contributed by atoms with van der Waals surface area (Å²) in [4.78, 5) is 18.3. The zero-order valence-electron chi connectivity index (χ0n) is 14.1. The van der Waals surface area contributed by atoms with Crippen LogP contribution in [0.4, 0.5) is 5.69 Å². The highest BCUT2D eigenvalue weighted by Gasteiger charge is 2.15. The molecule has 2 heterocycles. The minimum atomic E-state index is -0.0461. The molecule has 1 aliphatic heterocycles. The molecule has 1 aromatic heterocycles. The van der Waals surface area contributed by atoms with E-state index in [2.05, 4.69) is 9.88 Å². The van der Waals surface area contributed by atoms with Crippen LogP contribution in [0, 0.1) is 0 Å². The summed E-state index contributed by atoms with van der Waals surface area (Å²) in [5.74, 6) is 0.725. The topological polar surface area (TPSA) is 65.6 Å². The highest BCUT2D eigenvalue weighted by atomic mass is 16.5. The average Bonchev–Trinajstić information content (AvgIpc) is 3.16. The van der Waals surface area contributed by atoms with Gasteiger partial charge in [0.25, 0.3) is 0 Å². The van der Waals surface area contributed by atoms with Crippen molar-refractivity contribution in [1.29, 1.82) is 0 Å². The van der Waals surface area contributed by atoms with Gasteiger partial charge in [0.15, 0.2) is 5.43 Å². The fourth-order valence-electron chi connectivity index (χ4n) is 3.46. The summed E-state index contributed by atoms with van der Waals surface area (Å²) in [5.41, 5.74) is 3.11. The predicted molar refractivity (Wildman–Crippen MR) is 99.7 cm³/mol. The van der Waals surface area contributed by atoms with Crippen LogP contribution in [0.25, 0.3) is 22.2 Å². The van der Waals surface area contributed by atoms with Crippen LogP contribution < -0.4 is 15.1 Å². The molecule has 0 unspecified atom stereocenters. The number of anilines is 1. The Balaban J connectivity index is 1.84. The van der Waals surface area contributed by atoms with E-state index in [0.717, 1.165) is 24.3 Å². The van der Waals surface area contributed by atoms with Gasteiger partial charge in [-0.3, -0.25) is 4.79 Å². The Morgan fingerprint density at radius 1 is 1.08 bits per heavy atom. The molecular formula is C20H20N2O3. The van der Waals surface area contributed by atoms with E-state index in [1.54, 1.807) is 31.4 Å². The number of benzene rings is 2. The molecule has 0 radical (unpaired) electrons.